The molecule has 6 heteroatoms. The van der Waals surface area contributed by atoms with Crippen LogP contribution in [0.25, 0.3) is 11.3 Å². The van der Waals surface area contributed by atoms with Crippen LogP contribution in [-0.4, -0.2) is 29.1 Å². The van der Waals surface area contributed by atoms with Crippen molar-refractivity contribution in [1.29, 1.82) is 0 Å². The third-order valence-electron chi connectivity index (χ3n) is 5.84. The van der Waals surface area contributed by atoms with Gasteiger partial charge in [0.1, 0.15) is 17.6 Å². The Morgan fingerprint density at radius 1 is 1.00 bits per heavy atom. The van der Waals surface area contributed by atoms with E-state index in [2.05, 4.69) is 17.4 Å². The summed E-state index contributed by atoms with van der Waals surface area (Å²) in [7, 11) is 1.51. The Hall–Kier alpha value is -4.19. The lowest BCUT2D eigenvalue weighted by Gasteiger charge is -2.08. The molecule has 0 aliphatic carbocycles. The van der Waals surface area contributed by atoms with Gasteiger partial charge in [0.2, 0.25) is 0 Å². The van der Waals surface area contributed by atoms with Gasteiger partial charge < -0.3 is 9.84 Å². The van der Waals surface area contributed by atoms with Crippen LogP contribution in [0.15, 0.2) is 85.1 Å². The predicted molar refractivity (Wildman–Crippen MR) is 126 cm³/mol. The molecule has 3 aromatic carbocycles. The van der Waals surface area contributed by atoms with Gasteiger partial charge in [-0.3, -0.25) is 5.32 Å². The number of nitrogens with one attached hydrogen (secondary N) is 1. The highest BCUT2D eigenvalue weighted by Crippen LogP contribution is 2.29. The number of fused-ring (bicyclic) bond motifs is 1. The fraction of sp³-hybridized carbons (Fsp3) is 0.148. The van der Waals surface area contributed by atoms with E-state index in [1.807, 2.05) is 54.7 Å². The summed E-state index contributed by atoms with van der Waals surface area (Å²) in [6.07, 6.45) is 2.88. The molecule has 4 aromatic rings. The Kier molecular flexibility index (Phi) is 5.48. The maximum Gasteiger partial charge on any atom is 0.359 e. The van der Waals surface area contributed by atoms with E-state index in [4.69, 9.17) is 9.72 Å². The Morgan fingerprint density at radius 2 is 1.73 bits per heavy atom. The van der Waals surface area contributed by atoms with Gasteiger partial charge in [0, 0.05) is 18.4 Å². The topological polar surface area (TPSA) is 75.3 Å². The standard InChI is InChI=1S/C27H23N3O3/c1-33-25-16-19(12-13-24(25)31)15-22-27(32)30-17-23(20-10-6-3-7-11-20)28-21(26(30)29-22)14-18-8-4-2-5-9-18/h2-13,16-17,22,31H,14-15H2,1H3/p+1. The van der Waals surface area contributed by atoms with Crippen molar-refractivity contribution in [3.63, 3.8) is 0 Å². The quantitative estimate of drug-likeness (QED) is 0.445. The number of ether oxygens (including phenoxy) is 1. The van der Waals surface area contributed by atoms with E-state index < -0.39 is 6.04 Å². The summed E-state index contributed by atoms with van der Waals surface area (Å²) in [6.45, 7) is 0. The zero-order chi connectivity index (χ0) is 22.8. The first-order valence-electron chi connectivity index (χ1n) is 10.8. The second-order valence-electron chi connectivity index (χ2n) is 8.07. The molecule has 33 heavy (non-hydrogen) atoms. The number of phenols is 1. The molecule has 0 spiro atoms. The lowest BCUT2D eigenvalue weighted by atomic mass is 10.1. The first kappa shape index (κ1) is 20.7. The first-order valence-corrected chi connectivity index (χ1v) is 10.8. The van der Waals surface area contributed by atoms with Gasteiger partial charge in [0.25, 0.3) is 0 Å². The number of hydrogen-bond donors (Lipinski definition) is 2. The van der Waals surface area contributed by atoms with Crippen LogP contribution in [0.3, 0.4) is 0 Å². The molecule has 0 radical (unpaired) electrons. The minimum absolute atomic E-state index is 0.0362. The van der Waals surface area contributed by atoms with Crippen LogP contribution in [0, 0.1) is 0 Å². The zero-order valence-electron chi connectivity index (χ0n) is 18.2. The van der Waals surface area contributed by atoms with Gasteiger partial charge in [-0.05, 0) is 23.3 Å². The summed E-state index contributed by atoms with van der Waals surface area (Å²) in [5.41, 5.74) is 4.56. The summed E-state index contributed by atoms with van der Waals surface area (Å²) in [5, 5.41) is 13.3. The molecular formula is C27H24N3O3+. The Balaban J connectivity index is 1.52. The molecule has 1 unspecified atom stereocenters. The number of benzene rings is 3. The number of aromatic hydroxyl groups is 1. The van der Waals surface area contributed by atoms with E-state index in [9.17, 15) is 9.90 Å². The normalized spacial score (nSPS) is 14.6. The van der Waals surface area contributed by atoms with E-state index in [0.717, 1.165) is 33.9 Å². The molecule has 0 amide bonds. The highest BCUT2D eigenvalue weighted by Gasteiger charge is 2.41. The second-order valence-corrected chi connectivity index (χ2v) is 8.07. The molecule has 1 aliphatic heterocycles. The molecule has 2 N–H and O–H groups in total. The SMILES string of the molecule is COc1cc(CC2Nc3c(Cc4ccccc4)nc(-c4ccccc4)c[n+]3C2=O)ccc1O. The fourth-order valence-corrected chi connectivity index (χ4v) is 4.16. The van der Waals surface area contributed by atoms with Crippen LogP contribution >= 0.6 is 0 Å². The van der Waals surface area contributed by atoms with Crippen LogP contribution in [0.2, 0.25) is 0 Å². The van der Waals surface area contributed by atoms with E-state index in [-0.39, 0.29) is 11.7 Å². The maximum absolute atomic E-state index is 13.4. The molecule has 0 bridgehead atoms. The third kappa shape index (κ3) is 4.15. The number of methoxy groups -OCH3 is 1. The summed E-state index contributed by atoms with van der Waals surface area (Å²) in [4.78, 5) is 18.3. The monoisotopic (exact) mass is 438 g/mol. The number of nitrogens with zero attached hydrogens (tertiary/aromatic N) is 2. The van der Waals surface area contributed by atoms with Gasteiger partial charge in [0.15, 0.2) is 17.5 Å². The molecule has 0 saturated heterocycles. The van der Waals surface area contributed by atoms with E-state index in [1.165, 1.54) is 7.11 Å². The van der Waals surface area contributed by atoms with Crippen molar-refractivity contribution in [3.05, 3.63) is 102 Å². The van der Waals surface area contributed by atoms with Crippen molar-refractivity contribution >= 4 is 11.7 Å². The van der Waals surface area contributed by atoms with Gasteiger partial charge in [-0.2, -0.15) is 4.57 Å². The predicted octanol–water partition coefficient (Wildman–Crippen LogP) is 4.02. The average molecular weight is 439 g/mol. The largest absolute Gasteiger partial charge is 0.504 e. The lowest BCUT2D eigenvalue weighted by molar-refractivity contribution is -0.552. The van der Waals surface area contributed by atoms with Crippen molar-refractivity contribution in [2.75, 3.05) is 12.4 Å². The minimum atomic E-state index is -0.443. The first-order chi connectivity index (χ1) is 16.1. The van der Waals surface area contributed by atoms with Crippen LogP contribution < -0.4 is 14.6 Å². The average Bonchev–Trinajstić information content (AvgIpc) is 3.17. The lowest BCUT2D eigenvalue weighted by Crippen LogP contribution is -2.44. The number of carbonyl (C=O) groups is 1. The minimum Gasteiger partial charge on any atom is -0.504 e. The molecule has 0 fully saturated rings. The van der Waals surface area contributed by atoms with Crippen LogP contribution in [0.4, 0.5) is 5.82 Å². The van der Waals surface area contributed by atoms with E-state index in [1.54, 1.807) is 22.8 Å². The molecule has 0 saturated carbocycles. The highest BCUT2D eigenvalue weighted by atomic mass is 16.5. The number of carbonyl (C=O) groups excluding carboxylic acids is 1. The molecule has 1 aliphatic rings. The fourth-order valence-electron chi connectivity index (χ4n) is 4.16. The van der Waals surface area contributed by atoms with Crippen molar-refractivity contribution in [2.24, 2.45) is 0 Å². The smallest absolute Gasteiger partial charge is 0.359 e. The van der Waals surface area contributed by atoms with E-state index in [0.29, 0.717) is 18.6 Å². The number of rotatable bonds is 6. The third-order valence-corrected chi connectivity index (χ3v) is 5.84. The van der Waals surface area contributed by atoms with Crippen LogP contribution in [-0.2, 0) is 12.8 Å². The van der Waals surface area contributed by atoms with Crippen molar-refractivity contribution in [2.45, 2.75) is 18.9 Å². The molecule has 164 valence electrons. The van der Waals surface area contributed by atoms with Crippen molar-refractivity contribution in [1.82, 2.24) is 4.98 Å². The molecule has 1 aromatic heterocycles. The summed E-state index contributed by atoms with van der Waals surface area (Å²) < 4.78 is 6.91. The van der Waals surface area contributed by atoms with Gasteiger partial charge >= 0.3 is 11.7 Å². The summed E-state index contributed by atoms with van der Waals surface area (Å²) in [5.74, 6) is 1.15. The van der Waals surface area contributed by atoms with Crippen molar-refractivity contribution in [3.8, 4) is 22.8 Å². The molecular weight excluding hydrogens is 414 g/mol. The number of phenolic OH excluding ortho intramolecular Hbond substituents is 1. The Labute approximate surface area is 192 Å². The molecule has 5 rings (SSSR count). The van der Waals surface area contributed by atoms with Gasteiger partial charge in [-0.25, -0.2) is 9.78 Å². The number of hydrogen-bond acceptors (Lipinski definition) is 5. The van der Waals surface area contributed by atoms with Gasteiger partial charge in [0.05, 0.1) is 7.11 Å². The molecule has 1 atom stereocenters. The maximum atomic E-state index is 13.4. The summed E-state index contributed by atoms with van der Waals surface area (Å²) in [6, 6.07) is 24.7. The van der Waals surface area contributed by atoms with Gasteiger partial charge in [-0.1, -0.05) is 66.7 Å². The Bertz CT molecular complexity index is 1310. The van der Waals surface area contributed by atoms with Crippen LogP contribution in [0.5, 0.6) is 11.5 Å². The van der Waals surface area contributed by atoms with Gasteiger partial charge in [-0.15, -0.1) is 0 Å². The molecule has 6 nitrogen and oxygen atoms in total. The number of anilines is 1. The zero-order valence-corrected chi connectivity index (χ0v) is 18.2. The van der Waals surface area contributed by atoms with E-state index >= 15 is 0 Å². The van der Waals surface area contributed by atoms with Crippen molar-refractivity contribution < 1.29 is 19.2 Å². The number of aromatic nitrogens is 2. The van der Waals surface area contributed by atoms with Crippen LogP contribution in [0.1, 0.15) is 21.6 Å². The highest BCUT2D eigenvalue weighted by molar-refractivity contribution is 5.82. The Morgan fingerprint density at radius 3 is 2.45 bits per heavy atom. The second kappa shape index (κ2) is 8.74. The summed E-state index contributed by atoms with van der Waals surface area (Å²) >= 11 is 0. The molecule has 2 heterocycles.